The zero-order valence-electron chi connectivity index (χ0n) is 9.81. The third-order valence-corrected chi connectivity index (χ3v) is 4.01. The van der Waals surface area contributed by atoms with Crippen molar-refractivity contribution in [3.8, 4) is 0 Å². The normalized spacial score (nSPS) is 10.8. The fourth-order valence-corrected chi connectivity index (χ4v) is 2.73. The highest BCUT2D eigenvalue weighted by atomic mass is 79.9. The van der Waals surface area contributed by atoms with Gasteiger partial charge < -0.3 is 10.3 Å². The molecule has 3 aromatic rings. The van der Waals surface area contributed by atoms with Crippen LogP contribution in [0.15, 0.2) is 40.4 Å². The lowest BCUT2D eigenvalue weighted by atomic mass is 10.2. The van der Waals surface area contributed by atoms with Crippen LogP contribution in [0.3, 0.4) is 0 Å². The van der Waals surface area contributed by atoms with Crippen molar-refractivity contribution in [1.29, 1.82) is 0 Å². The maximum atomic E-state index is 12.0. The fourth-order valence-electron chi connectivity index (χ4n) is 1.82. The molecule has 4 nitrogen and oxygen atoms in total. The van der Waals surface area contributed by atoms with Crippen LogP contribution < -0.4 is 5.32 Å². The molecule has 0 aliphatic carbocycles. The summed E-state index contributed by atoms with van der Waals surface area (Å²) < 4.78 is 0.996. The number of thiazole rings is 1. The topological polar surface area (TPSA) is 57.8 Å². The first-order valence-corrected chi connectivity index (χ1v) is 7.33. The highest BCUT2D eigenvalue weighted by Gasteiger charge is 2.09. The number of carbonyl (C=O) groups is 1. The molecule has 1 amide bonds. The molecule has 2 N–H and O–H groups in total. The van der Waals surface area contributed by atoms with Crippen LogP contribution in [-0.2, 0) is 6.54 Å². The number of rotatable bonds is 3. The Labute approximate surface area is 122 Å². The Hall–Kier alpha value is -1.66. The number of H-pyrrole nitrogens is 1. The average molecular weight is 336 g/mol. The predicted octanol–water partition coefficient (Wildman–Crippen LogP) is 3.32. The first-order chi connectivity index (χ1) is 9.22. The zero-order chi connectivity index (χ0) is 13.2. The molecule has 0 aliphatic rings. The largest absolute Gasteiger partial charge is 0.351 e. The van der Waals surface area contributed by atoms with Gasteiger partial charge in [0.15, 0.2) is 0 Å². The zero-order valence-corrected chi connectivity index (χ0v) is 12.2. The summed E-state index contributed by atoms with van der Waals surface area (Å²) in [7, 11) is 0. The number of fused-ring (bicyclic) bond motifs is 1. The van der Waals surface area contributed by atoms with E-state index in [0.717, 1.165) is 20.3 Å². The van der Waals surface area contributed by atoms with E-state index in [4.69, 9.17) is 0 Å². The van der Waals surface area contributed by atoms with Crippen LogP contribution in [0.5, 0.6) is 0 Å². The maximum Gasteiger partial charge on any atom is 0.268 e. The number of carbonyl (C=O) groups excluding carboxylic acids is 1. The summed E-state index contributed by atoms with van der Waals surface area (Å²) in [5, 5.41) is 3.88. The fraction of sp³-hybridized carbons (Fsp3) is 0.0769. The monoisotopic (exact) mass is 335 g/mol. The summed E-state index contributed by atoms with van der Waals surface area (Å²) >= 11 is 4.94. The Balaban J connectivity index is 1.77. The number of aromatic amines is 1. The van der Waals surface area contributed by atoms with E-state index >= 15 is 0 Å². The van der Waals surface area contributed by atoms with Gasteiger partial charge in [0.05, 0.1) is 12.1 Å². The second kappa shape index (κ2) is 5.14. The number of benzene rings is 1. The van der Waals surface area contributed by atoms with Crippen LogP contribution in [-0.4, -0.2) is 15.9 Å². The van der Waals surface area contributed by atoms with Crippen LogP contribution in [0.4, 0.5) is 0 Å². The molecule has 0 atom stereocenters. The minimum absolute atomic E-state index is 0.110. The Bertz CT molecular complexity index is 721. The van der Waals surface area contributed by atoms with Gasteiger partial charge >= 0.3 is 0 Å². The van der Waals surface area contributed by atoms with Crippen LogP contribution in [0, 0.1) is 0 Å². The standard InChI is InChI=1S/C13H10BrN3OS/c14-9-1-2-11-8(3-9)4-12(17-11)13(18)16-6-10-5-15-7-19-10/h1-5,7,17H,6H2,(H,16,18). The van der Waals surface area contributed by atoms with Crippen molar-refractivity contribution in [3.63, 3.8) is 0 Å². The lowest BCUT2D eigenvalue weighted by Crippen LogP contribution is -2.22. The van der Waals surface area contributed by atoms with E-state index in [1.165, 1.54) is 11.3 Å². The summed E-state index contributed by atoms with van der Waals surface area (Å²) in [6, 6.07) is 7.71. The highest BCUT2D eigenvalue weighted by Crippen LogP contribution is 2.20. The van der Waals surface area contributed by atoms with E-state index < -0.39 is 0 Å². The SMILES string of the molecule is O=C(NCc1cncs1)c1cc2cc(Br)ccc2[nH]1. The smallest absolute Gasteiger partial charge is 0.268 e. The number of aromatic nitrogens is 2. The summed E-state index contributed by atoms with van der Waals surface area (Å²) in [6.07, 6.45) is 1.76. The van der Waals surface area contributed by atoms with Crippen molar-refractivity contribution < 1.29 is 4.79 Å². The summed E-state index contributed by atoms with van der Waals surface area (Å²) in [4.78, 5) is 20.1. The molecule has 0 unspecified atom stereocenters. The summed E-state index contributed by atoms with van der Waals surface area (Å²) in [5.41, 5.74) is 3.27. The van der Waals surface area contributed by atoms with E-state index in [9.17, 15) is 4.79 Å². The molecule has 96 valence electrons. The van der Waals surface area contributed by atoms with Crippen molar-refractivity contribution in [1.82, 2.24) is 15.3 Å². The van der Waals surface area contributed by atoms with Gasteiger partial charge in [-0.2, -0.15) is 0 Å². The van der Waals surface area contributed by atoms with Gasteiger partial charge in [-0.1, -0.05) is 15.9 Å². The number of hydrogen-bond donors (Lipinski definition) is 2. The molecule has 19 heavy (non-hydrogen) atoms. The van der Waals surface area contributed by atoms with Gasteiger partial charge in [-0.15, -0.1) is 11.3 Å². The quantitative estimate of drug-likeness (QED) is 0.771. The molecule has 0 radical (unpaired) electrons. The molecule has 3 rings (SSSR count). The van der Waals surface area contributed by atoms with Gasteiger partial charge in [0.1, 0.15) is 5.69 Å². The van der Waals surface area contributed by atoms with Gasteiger partial charge in [-0.25, -0.2) is 0 Å². The molecule has 1 aromatic carbocycles. The molecule has 0 saturated heterocycles. The third kappa shape index (κ3) is 2.69. The minimum Gasteiger partial charge on any atom is -0.351 e. The minimum atomic E-state index is -0.110. The molecule has 0 saturated carbocycles. The van der Waals surface area contributed by atoms with Crippen LogP contribution >= 0.6 is 27.3 Å². The number of halogens is 1. The molecule has 6 heteroatoms. The summed E-state index contributed by atoms with van der Waals surface area (Å²) in [5.74, 6) is -0.110. The van der Waals surface area contributed by atoms with E-state index in [1.54, 1.807) is 11.7 Å². The predicted molar refractivity (Wildman–Crippen MR) is 79.3 cm³/mol. The van der Waals surface area contributed by atoms with Crippen LogP contribution in [0.25, 0.3) is 10.9 Å². The molecule has 0 spiro atoms. The second-order valence-electron chi connectivity index (χ2n) is 4.07. The lowest BCUT2D eigenvalue weighted by molar-refractivity contribution is 0.0947. The van der Waals surface area contributed by atoms with Gasteiger partial charge in [0, 0.05) is 26.4 Å². The van der Waals surface area contributed by atoms with E-state index in [0.29, 0.717) is 12.2 Å². The Kier molecular flexibility index (Phi) is 3.35. The summed E-state index contributed by atoms with van der Waals surface area (Å²) in [6.45, 7) is 0.503. The first kappa shape index (κ1) is 12.4. The number of nitrogens with zero attached hydrogens (tertiary/aromatic N) is 1. The van der Waals surface area contributed by atoms with Gasteiger partial charge in [0.25, 0.3) is 5.91 Å². The van der Waals surface area contributed by atoms with E-state index in [-0.39, 0.29) is 5.91 Å². The van der Waals surface area contributed by atoms with Gasteiger partial charge in [-0.05, 0) is 24.3 Å². The Morgan fingerprint density at radius 1 is 1.42 bits per heavy atom. The molecule has 0 bridgehead atoms. The molecule has 0 aliphatic heterocycles. The van der Waals surface area contributed by atoms with Crippen molar-refractivity contribution in [2.24, 2.45) is 0 Å². The molecular formula is C13H10BrN3OS. The van der Waals surface area contributed by atoms with Crippen molar-refractivity contribution in [3.05, 3.63) is 51.0 Å². The van der Waals surface area contributed by atoms with Crippen molar-refractivity contribution in [2.45, 2.75) is 6.54 Å². The third-order valence-electron chi connectivity index (χ3n) is 2.73. The number of hydrogen-bond acceptors (Lipinski definition) is 3. The average Bonchev–Trinajstić information content (AvgIpc) is 3.04. The molecule has 2 aromatic heterocycles. The lowest BCUT2D eigenvalue weighted by Gasteiger charge is -2.00. The molecule has 0 fully saturated rings. The second-order valence-corrected chi connectivity index (χ2v) is 5.95. The van der Waals surface area contributed by atoms with E-state index in [2.05, 4.69) is 31.2 Å². The number of nitrogens with one attached hydrogen (secondary N) is 2. The number of amides is 1. The molecular weight excluding hydrogens is 326 g/mol. The Morgan fingerprint density at radius 3 is 3.11 bits per heavy atom. The maximum absolute atomic E-state index is 12.0. The van der Waals surface area contributed by atoms with Gasteiger partial charge in [0.2, 0.25) is 0 Å². The van der Waals surface area contributed by atoms with Crippen molar-refractivity contribution >= 4 is 44.1 Å². The van der Waals surface area contributed by atoms with E-state index in [1.807, 2.05) is 24.3 Å². The van der Waals surface area contributed by atoms with Crippen LogP contribution in [0.2, 0.25) is 0 Å². The van der Waals surface area contributed by atoms with Crippen LogP contribution in [0.1, 0.15) is 15.4 Å². The molecule has 2 heterocycles. The van der Waals surface area contributed by atoms with Gasteiger partial charge in [-0.3, -0.25) is 9.78 Å². The Morgan fingerprint density at radius 2 is 2.32 bits per heavy atom. The van der Waals surface area contributed by atoms with Crippen molar-refractivity contribution in [2.75, 3.05) is 0 Å². The highest BCUT2D eigenvalue weighted by molar-refractivity contribution is 9.10. The first-order valence-electron chi connectivity index (χ1n) is 5.66.